The first-order valence-electron chi connectivity index (χ1n) is 6.37. The number of nitrogens with one attached hydrogen (secondary N) is 1. The SMILES string of the molecule is CN(Cc1ccn[nH]1)c1nncc(-c2ccc(Cl)cc2)n1. The molecule has 1 N–H and O–H groups in total. The van der Waals surface area contributed by atoms with Crippen molar-refractivity contribution in [2.24, 2.45) is 0 Å². The summed E-state index contributed by atoms with van der Waals surface area (Å²) in [6.45, 7) is 0.631. The van der Waals surface area contributed by atoms with E-state index in [9.17, 15) is 0 Å². The second kappa shape index (κ2) is 5.88. The van der Waals surface area contributed by atoms with Gasteiger partial charge in [0.15, 0.2) is 0 Å². The fraction of sp³-hybridized carbons (Fsp3) is 0.143. The summed E-state index contributed by atoms with van der Waals surface area (Å²) in [6, 6.07) is 9.38. The molecule has 0 saturated heterocycles. The Balaban J connectivity index is 1.84. The maximum atomic E-state index is 5.89. The Labute approximate surface area is 126 Å². The summed E-state index contributed by atoms with van der Waals surface area (Å²) in [5, 5.41) is 15.6. The third-order valence-corrected chi connectivity index (χ3v) is 3.25. The molecular formula is C14H13ClN6. The molecule has 0 aliphatic carbocycles. The fourth-order valence-electron chi connectivity index (χ4n) is 1.91. The summed E-state index contributed by atoms with van der Waals surface area (Å²) in [6.07, 6.45) is 3.35. The van der Waals surface area contributed by atoms with Crippen molar-refractivity contribution in [1.29, 1.82) is 0 Å². The highest BCUT2D eigenvalue weighted by Crippen LogP contribution is 2.20. The van der Waals surface area contributed by atoms with E-state index in [0.717, 1.165) is 17.0 Å². The van der Waals surface area contributed by atoms with Gasteiger partial charge < -0.3 is 4.90 Å². The molecule has 0 saturated carbocycles. The summed E-state index contributed by atoms with van der Waals surface area (Å²) in [4.78, 5) is 6.43. The lowest BCUT2D eigenvalue weighted by atomic mass is 10.2. The Morgan fingerprint density at radius 2 is 2.00 bits per heavy atom. The molecule has 0 unspecified atom stereocenters. The summed E-state index contributed by atoms with van der Waals surface area (Å²) in [5.74, 6) is 0.553. The van der Waals surface area contributed by atoms with E-state index < -0.39 is 0 Å². The summed E-state index contributed by atoms with van der Waals surface area (Å²) in [5.41, 5.74) is 2.69. The van der Waals surface area contributed by atoms with Crippen LogP contribution in [0.25, 0.3) is 11.3 Å². The molecule has 0 fully saturated rings. The van der Waals surface area contributed by atoms with Gasteiger partial charge in [-0.2, -0.15) is 10.2 Å². The van der Waals surface area contributed by atoms with E-state index in [1.54, 1.807) is 12.4 Å². The van der Waals surface area contributed by atoms with Crippen molar-refractivity contribution < 1.29 is 0 Å². The van der Waals surface area contributed by atoms with Crippen LogP contribution in [0.3, 0.4) is 0 Å². The topological polar surface area (TPSA) is 70.6 Å². The highest BCUT2D eigenvalue weighted by Gasteiger charge is 2.09. The molecular weight excluding hydrogens is 288 g/mol. The number of hydrogen-bond donors (Lipinski definition) is 1. The van der Waals surface area contributed by atoms with Crippen LogP contribution in [0.2, 0.25) is 5.02 Å². The van der Waals surface area contributed by atoms with Crippen LogP contribution >= 0.6 is 11.6 Å². The zero-order valence-electron chi connectivity index (χ0n) is 11.4. The van der Waals surface area contributed by atoms with Gasteiger partial charge in [-0.15, -0.1) is 5.10 Å². The molecule has 7 heteroatoms. The number of nitrogens with zero attached hydrogens (tertiary/aromatic N) is 5. The van der Waals surface area contributed by atoms with Crippen LogP contribution in [-0.4, -0.2) is 32.4 Å². The number of hydrogen-bond acceptors (Lipinski definition) is 5. The molecule has 106 valence electrons. The molecule has 0 spiro atoms. The van der Waals surface area contributed by atoms with Crippen molar-refractivity contribution in [3.63, 3.8) is 0 Å². The monoisotopic (exact) mass is 300 g/mol. The number of aromatic amines is 1. The van der Waals surface area contributed by atoms with Gasteiger partial charge in [-0.3, -0.25) is 5.10 Å². The Bertz CT molecular complexity index is 711. The van der Waals surface area contributed by atoms with Crippen molar-refractivity contribution in [3.05, 3.63) is 53.4 Å². The van der Waals surface area contributed by atoms with Gasteiger partial charge in [0.25, 0.3) is 0 Å². The lowest BCUT2D eigenvalue weighted by Gasteiger charge is -2.15. The fourth-order valence-corrected chi connectivity index (χ4v) is 2.04. The van der Waals surface area contributed by atoms with Crippen LogP contribution in [-0.2, 0) is 6.54 Å². The van der Waals surface area contributed by atoms with Crippen molar-refractivity contribution in [2.75, 3.05) is 11.9 Å². The highest BCUT2D eigenvalue weighted by atomic mass is 35.5. The van der Waals surface area contributed by atoms with Gasteiger partial charge in [0.1, 0.15) is 0 Å². The van der Waals surface area contributed by atoms with E-state index in [4.69, 9.17) is 11.6 Å². The van der Waals surface area contributed by atoms with E-state index in [1.807, 2.05) is 42.3 Å². The lowest BCUT2D eigenvalue weighted by molar-refractivity contribution is 0.808. The molecule has 21 heavy (non-hydrogen) atoms. The predicted molar refractivity (Wildman–Crippen MR) is 81.0 cm³/mol. The average Bonchev–Trinajstić information content (AvgIpc) is 3.01. The van der Waals surface area contributed by atoms with E-state index in [0.29, 0.717) is 17.5 Å². The van der Waals surface area contributed by atoms with Gasteiger partial charge in [-0.1, -0.05) is 23.7 Å². The van der Waals surface area contributed by atoms with Crippen LogP contribution in [0.5, 0.6) is 0 Å². The van der Waals surface area contributed by atoms with Crippen molar-refractivity contribution >= 4 is 17.5 Å². The van der Waals surface area contributed by atoms with Crippen LogP contribution in [0.4, 0.5) is 5.95 Å². The second-order valence-corrected chi connectivity index (χ2v) is 5.02. The number of benzene rings is 1. The van der Waals surface area contributed by atoms with Gasteiger partial charge in [-0.05, 0) is 18.2 Å². The van der Waals surface area contributed by atoms with Crippen molar-refractivity contribution in [1.82, 2.24) is 25.4 Å². The van der Waals surface area contributed by atoms with E-state index in [2.05, 4.69) is 25.4 Å². The third kappa shape index (κ3) is 3.17. The zero-order chi connectivity index (χ0) is 14.7. The van der Waals surface area contributed by atoms with Gasteiger partial charge >= 0.3 is 0 Å². The molecule has 2 heterocycles. The average molecular weight is 301 g/mol. The van der Waals surface area contributed by atoms with E-state index >= 15 is 0 Å². The number of H-pyrrole nitrogens is 1. The summed E-state index contributed by atoms with van der Waals surface area (Å²) >= 11 is 5.89. The Hall–Kier alpha value is -2.47. The Morgan fingerprint density at radius 3 is 2.71 bits per heavy atom. The molecule has 2 aromatic heterocycles. The number of rotatable bonds is 4. The molecule has 0 bridgehead atoms. The van der Waals surface area contributed by atoms with Crippen LogP contribution in [0, 0.1) is 0 Å². The lowest BCUT2D eigenvalue weighted by Crippen LogP contribution is -2.20. The molecule has 0 aliphatic rings. The van der Waals surface area contributed by atoms with Crippen molar-refractivity contribution in [3.8, 4) is 11.3 Å². The molecule has 3 rings (SSSR count). The zero-order valence-corrected chi connectivity index (χ0v) is 12.1. The van der Waals surface area contributed by atoms with E-state index in [-0.39, 0.29) is 0 Å². The quantitative estimate of drug-likeness (QED) is 0.802. The van der Waals surface area contributed by atoms with Crippen LogP contribution in [0.15, 0.2) is 42.7 Å². The Morgan fingerprint density at radius 1 is 1.19 bits per heavy atom. The molecule has 0 amide bonds. The van der Waals surface area contributed by atoms with Gasteiger partial charge in [0, 0.05) is 23.8 Å². The molecule has 1 aromatic carbocycles. The van der Waals surface area contributed by atoms with Crippen molar-refractivity contribution in [2.45, 2.75) is 6.54 Å². The first kappa shape index (κ1) is 13.5. The summed E-state index contributed by atoms with van der Waals surface area (Å²) in [7, 11) is 1.91. The van der Waals surface area contributed by atoms with Crippen LogP contribution in [0.1, 0.15) is 5.69 Å². The minimum Gasteiger partial charge on any atom is -0.337 e. The maximum Gasteiger partial charge on any atom is 0.246 e. The molecule has 0 atom stereocenters. The first-order valence-corrected chi connectivity index (χ1v) is 6.75. The summed E-state index contributed by atoms with van der Waals surface area (Å²) < 4.78 is 0. The third-order valence-electron chi connectivity index (χ3n) is 2.99. The number of halogens is 1. The largest absolute Gasteiger partial charge is 0.337 e. The van der Waals surface area contributed by atoms with Gasteiger partial charge in [-0.25, -0.2) is 4.98 Å². The van der Waals surface area contributed by atoms with Crippen LogP contribution < -0.4 is 4.90 Å². The van der Waals surface area contributed by atoms with Gasteiger partial charge in [0.2, 0.25) is 5.95 Å². The maximum absolute atomic E-state index is 5.89. The minimum absolute atomic E-state index is 0.553. The Kier molecular flexibility index (Phi) is 3.79. The first-order chi connectivity index (χ1) is 10.2. The second-order valence-electron chi connectivity index (χ2n) is 4.59. The molecule has 0 aliphatic heterocycles. The number of anilines is 1. The smallest absolute Gasteiger partial charge is 0.246 e. The molecule has 6 nitrogen and oxygen atoms in total. The molecule has 3 aromatic rings. The van der Waals surface area contributed by atoms with Gasteiger partial charge in [0.05, 0.1) is 24.1 Å². The molecule has 0 radical (unpaired) electrons. The standard InChI is InChI=1S/C14H13ClN6/c1-21(9-12-6-7-16-19-12)14-18-13(8-17-20-14)10-2-4-11(15)5-3-10/h2-8H,9H2,1H3,(H,16,19). The number of aromatic nitrogens is 5. The minimum atomic E-state index is 0.553. The highest BCUT2D eigenvalue weighted by molar-refractivity contribution is 6.30. The predicted octanol–water partition coefficient (Wildman–Crippen LogP) is 2.55. The normalized spacial score (nSPS) is 10.6. The van der Waals surface area contributed by atoms with E-state index in [1.165, 1.54) is 0 Å².